The lowest BCUT2D eigenvalue weighted by atomic mass is 10.1. The van der Waals surface area contributed by atoms with Gasteiger partial charge in [-0.2, -0.15) is 5.10 Å². The van der Waals surface area contributed by atoms with Gasteiger partial charge < -0.3 is 5.11 Å². The molecule has 31 heavy (non-hydrogen) atoms. The third kappa shape index (κ3) is 4.53. The van der Waals surface area contributed by atoms with E-state index >= 15 is 0 Å². The summed E-state index contributed by atoms with van der Waals surface area (Å²) < 4.78 is 27.0. The Labute approximate surface area is 177 Å². The lowest BCUT2D eigenvalue weighted by Crippen LogP contribution is -2.10. The van der Waals surface area contributed by atoms with E-state index in [4.69, 9.17) is 5.11 Å². The van der Waals surface area contributed by atoms with Crippen LogP contribution in [0.3, 0.4) is 0 Å². The number of hydrogen-bond acceptors (Lipinski definition) is 6. The van der Waals surface area contributed by atoms with Crippen molar-refractivity contribution in [3.8, 4) is 11.1 Å². The number of carboxylic acid groups (broad SMARTS) is 1. The Balaban J connectivity index is 1.82. The number of aliphatic carboxylic acids is 1. The molecular formula is C21H18N4O5S. The molecule has 0 saturated carbocycles. The zero-order valence-electron chi connectivity index (χ0n) is 16.4. The molecule has 4 aromatic rings. The lowest BCUT2D eigenvalue weighted by molar-refractivity contribution is -0.137. The van der Waals surface area contributed by atoms with Crippen molar-refractivity contribution in [1.29, 1.82) is 0 Å². The van der Waals surface area contributed by atoms with Crippen molar-refractivity contribution in [1.82, 2.24) is 14.8 Å². The minimum atomic E-state index is -3.48. The van der Waals surface area contributed by atoms with E-state index < -0.39 is 16.0 Å². The Hall–Kier alpha value is -3.79. The number of carboxylic acids is 1. The van der Waals surface area contributed by atoms with Gasteiger partial charge in [-0.1, -0.05) is 12.1 Å². The summed E-state index contributed by atoms with van der Waals surface area (Å²) in [7, 11) is -3.48. The van der Waals surface area contributed by atoms with E-state index in [0.717, 1.165) is 6.26 Å². The minimum Gasteiger partial charge on any atom is -0.481 e. The predicted octanol–water partition coefficient (Wildman–Crippen LogP) is 2.46. The van der Waals surface area contributed by atoms with Crippen LogP contribution in [0.15, 0.2) is 59.8 Å². The van der Waals surface area contributed by atoms with E-state index in [9.17, 15) is 18.0 Å². The predicted molar refractivity (Wildman–Crippen MR) is 117 cm³/mol. The van der Waals surface area contributed by atoms with Gasteiger partial charge >= 0.3 is 5.97 Å². The van der Waals surface area contributed by atoms with E-state index in [2.05, 4.69) is 14.8 Å². The highest BCUT2D eigenvalue weighted by Crippen LogP contribution is 2.23. The zero-order valence-corrected chi connectivity index (χ0v) is 17.3. The Morgan fingerprint density at radius 1 is 1.10 bits per heavy atom. The fraction of sp³-hybridized carbons (Fsp3) is 0.143. The molecule has 0 radical (unpaired) electrons. The van der Waals surface area contributed by atoms with Crippen LogP contribution in [0.2, 0.25) is 0 Å². The van der Waals surface area contributed by atoms with E-state index in [-0.39, 0.29) is 18.4 Å². The lowest BCUT2D eigenvalue weighted by Gasteiger charge is -2.03. The highest BCUT2D eigenvalue weighted by molar-refractivity contribution is 7.92. The van der Waals surface area contributed by atoms with Crippen molar-refractivity contribution >= 4 is 43.4 Å². The molecule has 158 valence electrons. The topological polar surface area (TPSA) is 131 Å². The second-order valence-corrected chi connectivity index (χ2v) is 8.88. The molecule has 0 fully saturated rings. The highest BCUT2D eigenvalue weighted by Gasteiger charge is 2.10. The molecule has 0 atom stereocenters. The van der Waals surface area contributed by atoms with E-state index in [0.29, 0.717) is 38.5 Å². The van der Waals surface area contributed by atoms with Crippen LogP contribution in [0.4, 0.5) is 5.69 Å². The van der Waals surface area contributed by atoms with Crippen LogP contribution in [-0.2, 0) is 21.4 Å². The molecule has 0 amide bonds. The summed E-state index contributed by atoms with van der Waals surface area (Å²) in [6.07, 6.45) is 5.91. The average Bonchev–Trinajstić information content (AvgIpc) is 3.13. The number of anilines is 1. The number of aryl methyl sites for hydroxylation is 1. The SMILES string of the molecule is CS(=O)(=O)Nc1ccc2ccc3ncc(-c4cnn(CCC(=O)O)c4)cc3c(=O)c2c1. The molecule has 2 aromatic carbocycles. The molecule has 4 rings (SSSR count). The van der Waals surface area contributed by atoms with Crippen LogP contribution in [0, 0.1) is 0 Å². The summed E-state index contributed by atoms with van der Waals surface area (Å²) in [5, 5.41) is 14.4. The summed E-state index contributed by atoms with van der Waals surface area (Å²) in [5.41, 5.74) is 1.89. The van der Waals surface area contributed by atoms with Crippen LogP contribution in [0.25, 0.3) is 32.8 Å². The number of nitrogens with one attached hydrogen (secondary N) is 1. The van der Waals surface area contributed by atoms with E-state index in [1.165, 1.54) is 10.7 Å². The van der Waals surface area contributed by atoms with Crippen LogP contribution >= 0.6 is 0 Å². The van der Waals surface area contributed by atoms with Crippen molar-refractivity contribution in [3.63, 3.8) is 0 Å². The summed E-state index contributed by atoms with van der Waals surface area (Å²) >= 11 is 0. The third-order valence-electron chi connectivity index (χ3n) is 4.71. The molecule has 0 saturated heterocycles. The number of fused-ring (bicyclic) bond motifs is 2. The molecule has 10 heteroatoms. The van der Waals surface area contributed by atoms with Crippen molar-refractivity contribution in [3.05, 3.63) is 65.2 Å². The summed E-state index contributed by atoms with van der Waals surface area (Å²) in [6.45, 7) is 0.235. The number of benzene rings is 1. The molecule has 2 N–H and O–H groups in total. The number of pyridine rings is 1. The fourth-order valence-electron chi connectivity index (χ4n) is 3.28. The van der Waals surface area contributed by atoms with Gasteiger partial charge in [-0.15, -0.1) is 0 Å². The number of sulfonamides is 1. The molecular weight excluding hydrogens is 420 g/mol. The van der Waals surface area contributed by atoms with Crippen molar-refractivity contribution in [2.45, 2.75) is 13.0 Å². The summed E-state index contributed by atoms with van der Waals surface area (Å²) in [5.74, 6) is -0.912. The molecule has 0 unspecified atom stereocenters. The smallest absolute Gasteiger partial charge is 0.305 e. The van der Waals surface area contributed by atoms with Crippen molar-refractivity contribution < 1.29 is 18.3 Å². The maximum Gasteiger partial charge on any atom is 0.305 e. The van der Waals surface area contributed by atoms with Gasteiger partial charge in [0.25, 0.3) is 0 Å². The Kier molecular flexibility index (Phi) is 5.15. The third-order valence-corrected chi connectivity index (χ3v) is 5.31. The maximum absolute atomic E-state index is 13.3. The average molecular weight is 438 g/mol. The molecule has 2 aromatic heterocycles. The Morgan fingerprint density at radius 3 is 2.61 bits per heavy atom. The summed E-state index contributed by atoms with van der Waals surface area (Å²) in [4.78, 5) is 28.4. The van der Waals surface area contributed by atoms with Gasteiger partial charge in [-0.25, -0.2) is 8.42 Å². The van der Waals surface area contributed by atoms with Gasteiger partial charge in [0.05, 0.1) is 30.9 Å². The second kappa shape index (κ2) is 7.80. The van der Waals surface area contributed by atoms with Gasteiger partial charge in [0.1, 0.15) is 0 Å². The molecule has 0 bridgehead atoms. The monoisotopic (exact) mass is 438 g/mol. The Morgan fingerprint density at radius 2 is 1.87 bits per heavy atom. The number of nitrogens with zero attached hydrogens (tertiary/aromatic N) is 3. The highest BCUT2D eigenvalue weighted by atomic mass is 32.2. The fourth-order valence-corrected chi connectivity index (χ4v) is 3.84. The second-order valence-electron chi connectivity index (χ2n) is 7.13. The largest absolute Gasteiger partial charge is 0.481 e. The standard InChI is InChI=1S/C21H18N4O5S/c1-31(29,30)24-16-4-2-13-3-5-19-18(21(28)17(13)9-16)8-14(10-22-19)15-11-23-25(12-15)7-6-20(26)27/h2-5,8-12,24H,6-7H2,1H3,(H,26,27). The molecule has 0 aliphatic rings. The van der Waals surface area contributed by atoms with Gasteiger partial charge in [-0.05, 0) is 29.7 Å². The van der Waals surface area contributed by atoms with Gasteiger partial charge in [0, 0.05) is 40.0 Å². The van der Waals surface area contributed by atoms with E-state index in [1.54, 1.807) is 48.9 Å². The maximum atomic E-state index is 13.3. The zero-order chi connectivity index (χ0) is 22.2. The first-order valence-electron chi connectivity index (χ1n) is 9.29. The number of rotatable bonds is 6. The van der Waals surface area contributed by atoms with Crippen molar-refractivity contribution in [2.24, 2.45) is 0 Å². The van der Waals surface area contributed by atoms with Crippen LogP contribution in [-0.4, -0.2) is 40.5 Å². The first kappa shape index (κ1) is 20.5. The van der Waals surface area contributed by atoms with Crippen LogP contribution in [0.1, 0.15) is 6.42 Å². The molecule has 9 nitrogen and oxygen atoms in total. The minimum absolute atomic E-state index is 0.0481. The van der Waals surface area contributed by atoms with Gasteiger partial charge in [0.2, 0.25) is 10.0 Å². The van der Waals surface area contributed by atoms with Crippen molar-refractivity contribution in [2.75, 3.05) is 11.0 Å². The first-order valence-corrected chi connectivity index (χ1v) is 11.2. The Bertz CT molecular complexity index is 1500. The van der Waals surface area contributed by atoms with Crippen LogP contribution in [0.5, 0.6) is 0 Å². The van der Waals surface area contributed by atoms with Gasteiger partial charge in [-0.3, -0.25) is 24.0 Å². The van der Waals surface area contributed by atoms with Crippen LogP contribution < -0.4 is 10.2 Å². The number of hydrogen-bond donors (Lipinski definition) is 2. The van der Waals surface area contributed by atoms with E-state index in [1.807, 2.05) is 0 Å². The first-order chi connectivity index (χ1) is 14.7. The molecule has 0 aliphatic heterocycles. The molecule has 0 aliphatic carbocycles. The quantitative estimate of drug-likeness (QED) is 0.473. The van der Waals surface area contributed by atoms with Gasteiger partial charge in [0.15, 0.2) is 5.43 Å². The molecule has 2 heterocycles. The normalized spacial score (nSPS) is 11.6. The summed E-state index contributed by atoms with van der Waals surface area (Å²) in [6, 6.07) is 9.99. The number of carbonyl (C=O) groups is 1. The molecule has 0 spiro atoms. The number of aromatic nitrogens is 3.